The highest BCUT2D eigenvalue weighted by atomic mass is 79.9. The Kier molecular flexibility index (Phi) is 3.65. The van der Waals surface area contributed by atoms with Gasteiger partial charge in [0.15, 0.2) is 0 Å². The molecule has 0 aliphatic rings. The van der Waals surface area contributed by atoms with Crippen LogP contribution in [0.15, 0.2) is 35.1 Å². The highest BCUT2D eigenvalue weighted by Gasteiger charge is 2.13. The highest BCUT2D eigenvalue weighted by molar-refractivity contribution is 9.10. The van der Waals surface area contributed by atoms with Crippen LogP contribution in [0.1, 0.15) is 16.1 Å². The number of H-pyrrole nitrogens is 1. The first-order chi connectivity index (χ1) is 10.0. The molecule has 0 atom stereocenters. The normalized spacial score (nSPS) is 10.8. The van der Waals surface area contributed by atoms with Crippen molar-refractivity contribution in [3.8, 4) is 0 Å². The van der Waals surface area contributed by atoms with E-state index in [-0.39, 0.29) is 5.91 Å². The number of nitrogens with zero attached hydrogens (tertiary/aromatic N) is 2. The number of rotatable bonds is 2. The lowest BCUT2D eigenvalue weighted by Gasteiger charge is -2.08. The van der Waals surface area contributed by atoms with Crippen molar-refractivity contribution in [3.05, 3.63) is 51.3 Å². The van der Waals surface area contributed by atoms with Gasteiger partial charge in [0.25, 0.3) is 5.91 Å². The van der Waals surface area contributed by atoms with Gasteiger partial charge in [0, 0.05) is 5.39 Å². The van der Waals surface area contributed by atoms with Gasteiger partial charge in [0.1, 0.15) is 10.3 Å². The first-order valence-corrected chi connectivity index (χ1v) is 7.29. The molecule has 3 aromatic rings. The molecule has 0 unspecified atom stereocenters. The summed E-state index contributed by atoms with van der Waals surface area (Å²) >= 11 is 9.55. The molecule has 21 heavy (non-hydrogen) atoms. The number of amides is 1. The maximum absolute atomic E-state index is 12.3. The molecular formula is C14H10BrClN4O. The van der Waals surface area contributed by atoms with Crippen molar-refractivity contribution in [1.82, 2.24) is 15.2 Å². The molecule has 0 saturated carbocycles. The van der Waals surface area contributed by atoms with Crippen molar-refractivity contribution in [2.75, 3.05) is 5.32 Å². The van der Waals surface area contributed by atoms with Gasteiger partial charge in [-0.1, -0.05) is 11.6 Å². The Hall–Kier alpha value is -1.92. The van der Waals surface area contributed by atoms with E-state index < -0.39 is 0 Å². The number of carbonyl (C=O) groups is 1. The Labute approximate surface area is 133 Å². The fourth-order valence-electron chi connectivity index (χ4n) is 2.01. The van der Waals surface area contributed by atoms with Gasteiger partial charge >= 0.3 is 0 Å². The minimum atomic E-state index is -0.316. The number of pyridine rings is 1. The van der Waals surface area contributed by atoms with E-state index >= 15 is 0 Å². The van der Waals surface area contributed by atoms with Gasteiger partial charge in [0.2, 0.25) is 0 Å². The Morgan fingerprint density at radius 2 is 2.19 bits per heavy atom. The lowest BCUT2D eigenvalue weighted by atomic mass is 10.2. The van der Waals surface area contributed by atoms with E-state index in [1.165, 1.54) is 0 Å². The minimum absolute atomic E-state index is 0.316. The van der Waals surface area contributed by atoms with Crippen molar-refractivity contribution in [1.29, 1.82) is 0 Å². The predicted molar refractivity (Wildman–Crippen MR) is 85.7 cm³/mol. The van der Waals surface area contributed by atoms with Gasteiger partial charge in [-0.15, -0.1) is 0 Å². The SMILES string of the molecule is Cc1cc(Br)nc(C(=O)Nc2ccc3[nH]ncc3c2Cl)c1. The van der Waals surface area contributed by atoms with Crippen LogP contribution in [0, 0.1) is 6.92 Å². The number of halogens is 2. The van der Waals surface area contributed by atoms with E-state index in [1.54, 1.807) is 18.3 Å². The van der Waals surface area contributed by atoms with Crippen molar-refractivity contribution in [2.45, 2.75) is 6.92 Å². The third-order valence-corrected chi connectivity index (χ3v) is 3.79. The van der Waals surface area contributed by atoms with E-state index in [0.717, 1.165) is 16.5 Å². The van der Waals surface area contributed by atoms with E-state index in [9.17, 15) is 4.79 Å². The van der Waals surface area contributed by atoms with Gasteiger partial charge in [-0.3, -0.25) is 9.89 Å². The first-order valence-electron chi connectivity index (χ1n) is 6.12. The third-order valence-electron chi connectivity index (χ3n) is 2.98. The summed E-state index contributed by atoms with van der Waals surface area (Å²) in [4.78, 5) is 16.4. The molecule has 2 N–H and O–H groups in total. The number of hydrogen-bond acceptors (Lipinski definition) is 3. The fourth-order valence-corrected chi connectivity index (χ4v) is 2.82. The summed E-state index contributed by atoms with van der Waals surface area (Å²) in [6.07, 6.45) is 1.62. The van der Waals surface area contributed by atoms with Gasteiger partial charge in [0.05, 0.1) is 22.4 Å². The van der Waals surface area contributed by atoms with E-state index in [2.05, 4.69) is 36.4 Å². The molecule has 2 aromatic heterocycles. The number of carbonyl (C=O) groups excluding carboxylic acids is 1. The molecule has 5 nitrogen and oxygen atoms in total. The number of nitrogens with one attached hydrogen (secondary N) is 2. The number of fused-ring (bicyclic) bond motifs is 1. The Morgan fingerprint density at radius 1 is 1.38 bits per heavy atom. The molecule has 0 bridgehead atoms. The Bertz CT molecular complexity index is 826. The minimum Gasteiger partial charge on any atom is -0.319 e. The Balaban J connectivity index is 1.94. The first kappa shape index (κ1) is 14.0. The summed E-state index contributed by atoms with van der Waals surface area (Å²) in [5, 5.41) is 10.7. The van der Waals surface area contributed by atoms with E-state index in [0.29, 0.717) is 21.0 Å². The van der Waals surface area contributed by atoms with Gasteiger partial charge in [-0.05, 0) is 52.7 Å². The molecule has 7 heteroatoms. The molecular weight excluding hydrogens is 356 g/mol. The van der Waals surface area contributed by atoms with E-state index in [4.69, 9.17) is 11.6 Å². The van der Waals surface area contributed by atoms with Gasteiger partial charge in [-0.2, -0.15) is 5.10 Å². The largest absolute Gasteiger partial charge is 0.319 e. The second-order valence-corrected chi connectivity index (χ2v) is 5.76. The van der Waals surface area contributed by atoms with Crippen LogP contribution in [0.2, 0.25) is 5.02 Å². The summed E-state index contributed by atoms with van der Waals surface area (Å²) < 4.78 is 0.615. The van der Waals surface area contributed by atoms with Crippen molar-refractivity contribution < 1.29 is 4.79 Å². The Morgan fingerprint density at radius 3 is 2.95 bits per heavy atom. The topological polar surface area (TPSA) is 70.7 Å². The zero-order chi connectivity index (χ0) is 15.0. The average Bonchev–Trinajstić information content (AvgIpc) is 2.90. The predicted octanol–water partition coefficient (Wildman–Crippen LogP) is 3.93. The summed E-state index contributed by atoms with van der Waals surface area (Å²) in [5.74, 6) is -0.316. The van der Waals surface area contributed by atoms with Crippen LogP contribution in [0.4, 0.5) is 5.69 Å². The lowest BCUT2D eigenvalue weighted by molar-refractivity contribution is 0.102. The highest BCUT2D eigenvalue weighted by Crippen LogP contribution is 2.30. The maximum Gasteiger partial charge on any atom is 0.274 e. The fraction of sp³-hybridized carbons (Fsp3) is 0.0714. The van der Waals surface area contributed by atoms with E-state index in [1.807, 2.05) is 19.1 Å². The molecule has 0 aliphatic heterocycles. The van der Waals surface area contributed by atoms with Crippen LogP contribution in [-0.4, -0.2) is 21.1 Å². The van der Waals surface area contributed by atoms with Gasteiger partial charge < -0.3 is 5.32 Å². The molecule has 0 saturated heterocycles. The monoisotopic (exact) mass is 364 g/mol. The van der Waals surface area contributed by atoms with Crippen LogP contribution in [0.25, 0.3) is 10.9 Å². The summed E-state index contributed by atoms with van der Waals surface area (Å²) in [6, 6.07) is 7.08. The van der Waals surface area contributed by atoms with Crippen molar-refractivity contribution >= 4 is 50.0 Å². The van der Waals surface area contributed by atoms with Crippen molar-refractivity contribution in [2.24, 2.45) is 0 Å². The second kappa shape index (κ2) is 5.46. The zero-order valence-electron chi connectivity index (χ0n) is 10.9. The van der Waals surface area contributed by atoms with Gasteiger partial charge in [-0.25, -0.2) is 4.98 Å². The molecule has 0 aliphatic carbocycles. The number of aromatic amines is 1. The third kappa shape index (κ3) is 2.77. The summed E-state index contributed by atoms with van der Waals surface area (Å²) in [5.41, 5.74) is 2.60. The maximum atomic E-state index is 12.3. The summed E-state index contributed by atoms with van der Waals surface area (Å²) in [7, 11) is 0. The van der Waals surface area contributed by atoms with Crippen LogP contribution >= 0.6 is 27.5 Å². The smallest absolute Gasteiger partial charge is 0.274 e. The molecule has 1 aromatic carbocycles. The molecule has 0 spiro atoms. The van der Waals surface area contributed by atoms with Crippen molar-refractivity contribution in [3.63, 3.8) is 0 Å². The van der Waals surface area contributed by atoms with Crippen LogP contribution in [-0.2, 0) is 0 Å². The number of hydrogen-bond donors (Lipinski definition) is 2. The molecule has 0 fully saturated rings. The number of aromatic nitrogens is 3. The summed E-state index contributed by atoms with van der Waals surface area (Å²) in [6.45, 7) is 1.90. The zero-order valence-corrected chi connectivity index (χ0v) is 13.3. The van der Waals surface area contributed by atoms with Crippen LogP contribution in [0.5, 0.6) is 0 Å². The molecule has 2 heterocycles. The molecule has 106 valence electrons. The van der Waals surface area contributed by atoms with Crippen LogP contribution < -0.4 is 5.32 Å². The number of benzene rings is 1. The molecule has 3 rings (SSSR count). The standard InChI is InChI=1S/C14H10BrClN4O/c1-7-4-11(18-12(15)5-7)14(21)19-10-3-2-9-8(13(10)16)6-17-20-9/h2-6H,1H3,(H,17,20)(H,19,21). The second-order valence-electron chi connectivity index (χ2n) is 4.56. The molecule has 1 amide bonds. The average molecular weight is 366 g/mol. The quantitative estimate of drug-likeness (QED) is 0.676. The lowest BCUT2D eigenvalue weighted by Crippen LogP contribution is -2.14. The van der Waals surface area contributed by atoms with Crippen LogP contribution in [0.3, 0.4) is 0 Å². The number of anilines is 1. The molecule has 0 radical (unpaired) electrons. The number of aryl methyl sites for hydroxylation is 1.